The maximum atomic E-state index is 6.02. The fourth-order valence-electron chi connectivity index (χ4n) is 2.37. The largest absolute Gasteiger partial charge is 1.00 e. The molecule has 0 amide bonds. The Labute approximate surface area is 133 Å². The van der Waals surface area contributed by atoms with Gasteiger partial charge in [0.1, 0.15) is 5.75 Å². The van der Waals surface area contributed by atoms with Crippen LogP contribution in [0.15, 0.2) is 54.6 Å². The van der Waals surface area contributed by atoms with Crippen LogP contribution in [0.1, 0.15) is 20.7 Å². The molecule has 1 unspecified atom stereocenters. The van der Waals surface area contributed by atoms with Gasteiger partial charge in [-0.1, -0.05) is 48.5 Å². The third-order valence-electron chi connectivity index (χ3n) is 3.37. The van der Waals surface area contributed by atoms with E-state index in [0.717, 1.165) is 30.8 Å². The number of para-hydroxylation sites is 1. The summed E-state index contributed by atoms with van der Waals surface area (Å²) in [5, 5.41) is 0. The number of rotatable bonds is 3. The summed E-state index contributed by atoms with van der Waals surface area (Å²) in [5.41, 5.74) is 2.30. The van der Waals surface area contributed by atoms with Crippen molar-refractivity contribution in [2.75, 3.05) is 6.61 Å². The van der Waals surface area contributed by atoms with Gasteiger partial charge in [-0.2, -0.15) is 0 Å². The fourth-order valence-corrected chi connectivity index (χ4v) is 2.37. The van der Waals surface area contributed by atoms with Crippen LogP contribution < -0.4 is 23.6 Å². The Balaban J connectivity index is 0.00000110. The average Bonchev–Trinajstić information content (AvgIpc) is 2.50. The smallest absolute Gasteiger partial charge is 1.00 e. The minimum Gasteiger partial charge on any atom is -1.00 e. The predicted molar refractivity (Wildman–Crippen MR) is 77.2 cm³/mol. The molecule has 1 fully saturated rings. The SMILES string of the molecule is [H-].[Li+].c1ccc(-c2ccccc2OC2CCCCO2)cc1. The van der Waals surface area contributed by atoms with Crippen molar-refractivity contribution in [1.29, 1.82) is 0 Å². The van der Waals surface area contributed by atoms with Crippen molar-refractivity contribution in [2.45, 2.75) is 25.6 Å². The van der Waals surface area contributed by atoms with Crippen molar-refractivity contribution in [3.05, 3.63) is 54.6 Å². The monoisotopic (exact) mass is 262 g/mol. The zero-order valence-electron chi connectivity index (χ0n) is 12.9. The summed E-state index contributed by atoms with van der Waals surface area (Å²) in [4.78, 5) is 0. The first-order valence-corrected chi connectivity index (χ1v) is 6.86. The van der Waals surface area contributed by atoms with Crippen LogP contribution in [0.4, 0.5) is 0 Å². The van der Waals surface area contributed by atoms with E-state index in [9.17, 15) is 0 Å². The van der Waals surface area contributed by atoms with Gasteiger partial charge in [-0.25, -0.2) is 0 Å². The molecule has 3 heteroatoms. The molecule has 0 aromatic heterocycles. The molecule has 0 radical (unpaired) electrons. The molecule has 1 atom stereocenters. The molecule has 1 heterocycles. The summed E-state index contributed by atoms with van der Waals surface area (Å²) in [5.74, 6) is 0.903. The number of hydrogen-bond donors (Lipinski definition) is 0. The standard InChI is InChI=1S/C17H18O2.Li.H/c1-2-8-14(9-3-1)15-10-4-5-11-16(15)19-17-12-6-7-13-18-17;;/h1-5,8-11,17H,6-7,12-13H2;;/q;+1;-1. The van der Waals surface area contributed by atoms with E-state index < -0.39 is 0 Å². The normalized spacial score (nSPS) is 18.1. The van der Waals surface area contributed by atoms with Gasteiger partial charge in [-0.15, -0.1) is 0 Å². The average molecular weight is 262 g/mol. The van der Waals surface area contributed by atoms with Gasteiger partial charge in [0, 0.05) is 12.0 Å². The van der Waals surface area contributed by atoms with Gasteiger partial charge < -0.3 is 10.9 Å². The summed E-state index contributed by atoms with van der Waals surface area (Å²) < 4.78 is 11.7. The van der Waals surface area contributed by atoms with Crippen LogP contribution in [0.2, 0.25) is 0 Å². The topological polar surface area (TPSA) is 18.5 Å². The molecular weight excluding hydrogens is 243 g/mol. The number of ether oxygens (including phenoxy) is 2. The van der Waals surface area contributed by atoms with Crippen LogP contribution in [0.3, 0.4) is 0 Å². The molecule has 0 spiro atoms. The zero-order chi connectivity index (χ0) is 12.9. The molecule has 0 aliphatic carbocycles. The van der Waals surface area contributed by atoms with Crippen molar-refractivity contribution >= 4 is 0 Å². The second-order valence-electron chi connectivity index (χ2n) is 4.78. The van der Waals surface area contributed by atoms with E-state index in [-0.39, 0.29) is 26.6 Å². The molecule has 1 aliphatic heterocycles. The van der Waals surface area contributed by atoms with Crippen molar-refractivity contribution in [3.63, 3.8) is 0 Å². The van der Waals surface area contributed by atoms with Gasteiger partial charge in [0.25, 0.3) is 0 Å². The Morgan fingerprint density at radius 3 is 2.45 bits per heavy atom. The van der Waals surface area contributed by atoms with Gasteiger partial charge in [-0.3, -0.25) is 0 Å². The molecule has 2 aromatic rings. The molecule has 0 bridgehead atoms. The maximum Gasteiger partial charge on any atom is 1.00 e. The van der Waals surface area contributed by atoms with Gasteiger partial charge >= 0.3 is 18.9 Å². The molecule has 1 aliphatic rings. The first kappa shape index (κ1) is 15.2. The molecule has 0 N–H and O–H groups in total. The van der Waals surface area contributed by atoms with Gasteiger partial charge in [0.2, 0.25) is 0 Å². The number of benzene rings is 2. The Morgan fingerprint density at radius 1 is 0.950 bits per heavy atom. The second-order valence-corrected chi connectivity index (χ2v) is 4.78. The van der Waals surface area contributed by atoms with Crippen molar-refractivity contribution in [2.24, 2.45) is 0 Å². The Kier molecular flexibility index (Phi) is 5.73. The summed E-state index contributed by atoms with van der Waals surface area (Å²) in [6.07, 6.45) is 3.19. The first-order valence-electron chi connectivity index (χ1n) is 6.86. The number of hydrogen-bond acceptors (Lipinski definition) is 2. The summed E-state index contributed by atoms with van der Waals surface area (Å²) >= 11 is 0. The van der Waals surface area contributed by atoms with Crippen LogP contribution in [-0.4, -0.2) is 12.9 Å². The molecule has 1 saturated heterocycles. The van der Waals surface area contributed by atoms with E-state index in [2.05, 4.69) is 18.2 Å². The fraction of sp³-hybridized carbons (Fsp3) is 0.294. The van der Waals surface area contributed by atoms with E-state index in [1.54, 1.807) is 0 Å². The first-order chi connectivity index (χ1) is 9.43. The minimum atomic E-state index is -0.0985. The molecular formula is C17H19LiO2. The van der Waals surface area contributed by atoms with Crippen LogP contribution in [0, 0.1) is 0 Å². The molecule has 3 rings (SSSR count). The maximum absolute atomic E-state index is 6.02. The zero-order valence-corrected chi connectivity index (χ0v) is 11.9. The van der Waals surface area contributed by atoms with E-state index in [1.165, 1.54) is 12.0 Å². The molecule has 2 nitrogen and oxygen atoms in total. The van der Waals surface area contributed by atoms with Gasteiger partial charge in [0.05, 0.1) is 6.61 Å². The van der Waals surface area contributed by atoms with Crippen LogP contribution >= 0.6 is 0 Å². The summed E-state index contributed by atoms with van der Waals surface area (Å²) in [7, 11) is 0. The molecule has 20 heavy (non-hydrogen) atoms. The van der Waals surface area contributed by atoms with Crippen molar-refractivity contribution < 1.29 is 29.8 Å². The molecule has 0 saturated carbocycles. The third kappa shape index (κ3) is 3.67. The van der Waals surface area contributed by atoms with Gasteiger partial charge in [0.15, 0.2) is 6.29 Å². The van der Waals surface area contributed by atoms with Crippen LogP contribution in [-0.2, 0) is 4.74 Å². The van der Waals surface area contributed by atoms with Gasteiger partial charge in [-0.05, 0) is 24.5 Å². The summed E-state index contributed by atoms with van der Waals surface area (Å²) in [6.45, 7) is 0.804. The second kappa shape index (κ2) is 7.55. The van der Waals surface area contributed by atoms with Crippen molar-refractivity contribution in [1.82, 2.24) is 0 Å². The Bertz CT molecular complexity index is 527. The third-order valence-corrected chi connectivity index (χ3v) is 3.37. The van der Waals surface area contributed by atoms with E-state index in [0.29, 0.717) is 0 Å². The van der Waals surface area contributed by atoms with Crippen LogP contribution in [0.25, 0.3) is 11.1 Å². The molecule has 100 valence electrons. The summed E-state index contributed by atoms with van der Waals surface area (Å²) in [6, 6.07) is 18.5. The Morgan fingerprint density at radius 2 is 1.70 bits per heavy atom. The van der Waals surface area contributed by atoms with Crippen molar-refractivity contribution in [3.8, 4) is 16.9 Å². The Hall–Kier alpha value is -1.20. The minimum absolute atomic E-state index is 0. The van der Waals surface area contributed by atoms with E-state index in [4.69, 9.17) is 9.47 Å². The van der Waals surface area contributed by atoms with Crippen LogP contribution in [0.5, 0.6) is 5.75 Å². The quantitative estimate of drug-likeness (QED) is 0.778. The molecule has 2 aromatic carbocycles. The predicted octanol–water partition coefficient (Wildman–Crippen LogP) is 1.38. The van der Waals surface area contributed by atoms with E-state index in [1.807, 2.05) is 36.4 Å². The van der Waals surface area contributed by atoms with E-state index >= 15 is 0 Å².